The molecular weight excluding hydrogens is 241 g/mol. The van der Waals surface area contributed by atoms with Crippen LogP contribution in [-0.2, 0) is 6.18 Å². The highest BCUT2D eigenvalue weighted by atomic mass is 19.4. The third kappa shape index (κ3) is 3.16. The van der Waals surface area contributed by atoms with Crippen LogP contribution in [0.25, 0.3) is 0 Å². The lowest BCUT2D eigenvalue weighted by Gasteiger charge is -2.20. The van der Waals surface area contributed by atoms with Gasteiger partial charge in [0.25, 0.3) is 0 Å². The molecule has 1 N–H and O–H groups in total. The Labute approximate surface area is 105 Å². The zero-order valence-corrected chi connectivity index (χ0v) is 10.3. The first-order valence-corrected chi connectivity index (χ1v) is 6.08. The van der Waals surface area contributed by atoms with E-state index in [9.17, 15) is 13.2 Å². The van der Waals surface area contributed by atoms with E-state index in [0.29, 0.717) is 6.04 Å². The highest BCUT2D eigenvalue weighted by Gasteiger charge is 2.30. The molecule has 1 unspecified atom stereocenters. The number of likely N-dealkylation sites (N-methyl/N-ethyl adjacent to an activating group) is 1. The van der Waals surface area contributed by atoms with Gasteiger partial charge < -0.3 is 10.2 Å². The molecule has 0 saturated carbocycles. The lowest BCUT2D eigenvalue weighted by Crippen LogP contribution is -2.31. The third-order valence-corrected chi connectivity index (χ3v) is 3.43. The molecule has 1 atom stereocenters. The number of likely N-dealkylation sites (tertiary alicyclic amines) is 1. The van der Waals surface area contributed by atoms with E-state index in [1.54, 1.807) is 0 Å². The predicted octanol–water partition coefficient (Wildman–Crippen LogP) is 3.21. The minimum atomic E-state index is -4.26. The summed E-state index contributed by atoms with van der Waals surface area (Å²) in [7, 11) is 2.08. The summed E-state index contributed by atoms with van der Waals surface area (Å²) in [4.78, 5) is 2.27. The molecule has 1 aliphatic rings. The molecule has 1 saturated heterocycles. The summed E-state index contributed by atoms with van der Waals surface area (Å²) in [6.07, 6.45) is -1.93. The van der Waals surface area contributed by atoms with E-state index in [2.05, 4.69) is 17.3 Å². The van der Waals surface area contributed by atoms with Gasteiger partial charge in [-0.2, -0.15) is 13.2 Å². The van der Waals surface area contributed by atoms with E-state index in [-0.39, 0.29) is 0 Å². The van der Waals surface area contributed by atoms with Gasteiger partial charge in [0.15, 0.2) is 0 Å². The first-order valence-electron chi connectivity index (χ1n) is 6.08. The van der Waals surface area contributed by atoms with E-state index in [1.807, 2.05) is 0 Å². The molecule has 1 heterocycles. The monoisotopic (exact) mass is 258 g/mol. The summed E-state index contributed by atoms with van der Waals surface area (Å²) >= 11 is 0. The van der Waals surface area contributed by atoms with Gasteiger partial charge in [0.05, 0.1) is 5.56 Å². The molecule has 0 spiro atoms. The van der Waals surface area contributed by atoms with Crippen LogP contribution in [0.4, 0.5) is 18.9 Å². The van der Waals surface area contributed by atoms with Gasteiger partial charge in [-0.25, -0.2) is 0 Å². The zero-order chi connectivity index (χ0) is 13.2. The number of hydrogen-bond donors (Lipinski definition) is 1. The van der Waals surface area contributed by atoms with Crippen molar-refractivity contribution in [3.8, 4) is 0 Å². The van der Waals surface area contributed by atoms with Gasteiger partial charge in [-0.05, 0) is 50.7 Å². The van der Waals surface area contributed by atoms with Crippen LogP contribution in [0.1, 0.15) is 18.4 Å². The second kappa shape index (κ2) is 5.18. The number of hydrogen-bond acceptors (Lipinski definition) is 2. The van der Waals surface area contributed by atoms with Crippen molar-refractivity contribution in [3.05, 3.63) is 29.8 Å². The Kier molecular flexibility index (Phi) is 3.80. The molecular formula is C13H17F3N2. The Hall–Kier alpha value is -1.23. The van der Waals surface area contributed by atoms with Crippen LogP contribution in [-0.4, -0.2) is 31.1 Å². The predicted molar refractivity (Wildman–Crippen MR) is 65.6 cm³/mol. The van der Waals surface area contributed by atoms with E-state index < -0.39 is 11.7 Å². The topological polar surface area (TPSA) is 15.3 Å². The molecule has 18 heavy (non-hydrogen) atoms. The van der Waals surface area contributed by atoms with Crippen molar-refractivity contribution in [1.82, 2.24) is 4.90 Å². The molecule has 1 aliphatic heterocycles. The molecule has 1 aromatic carbocycles. The summed E-state index contributed by atoms with van der Waals surface area (Å²) < 4.78 is 37.1. The van der Waals surface area contributed by atoms with Crippen LogP contribution in [0.3, 0.4) is 0 Å². The third-order valence-electron chi connectivity index (χ3n) is 3.43. The lowest BCUT2D eigenvalue weighted by atomic mass is 10.2. The molecule has 0 radical (unpaired) electrons. The lowest BCUT2D eigenvalue weighted by molar-refractivity contribution is -0.137. The van der Waals surface area contributed by atoms with Crippen LogP contribution in [0, 0.1) is 0 Å². The zero-order valence-electron chi connectivity index (χ0n) is 10.3. The van der Waals surface area contributed by atoms with Crippen molar-refractivity contribution in [3.63, 3.8) is 0 Å². The smallest absolute Gasteiger partial charge is 0.383 e. The first kappa shape index (κ1) is 13.2. The van der Waals surface area contributed by atoms with Crippen LogP contribution < -0.4 is 5.32 Å². The Morgan fingerprint density at radius 1 is 1.28 bits per heavy atom. The van der Waals surface area contributed by atoms with Crippen LogP contribution >= 0.6 is 0 Å². The summed E-state index contributed by atoms with van der Waals surface area (Å²) in [6.45, 7) is 1.88. The average molecular weight is 258 g/mol. The minimum Gasteiger partial charge on any atom is -0.383 e. The molecule has 5 heteroatoms. The number of alkyl halides is 3. The van der Waals surface area contributed by atoms with E-state index in [4.69, 9.17) is 0 Å². The summed E-state index contributed by atoms with van der Waals surface area (Å²) in [5.74, 6) is 0. The van der Waals surface area contributed by atoms with Crippen molar-refractivity contribution in [2.75, 3.05) is 25.5 Å². The van der Waals surface area contributed by atoms with Gasteiger partial charge in [0.1, 0.15) is 0 Å². The number of halogens is 3. The standard InChI is InChI=1S/C13H17F3N2/c1-18-8-2-3-12(18)9-17-11-6-4-10(5-7-11)13(14,15)16/h4-7,12,17H,2-3,8-9H2,1H3. The van der Waals surface area contributed by atoms with Crippen molar-refractivity contribution < 1.29 is 13.2 Å². The van der Waals surface area contributed by atoms with Gasteiger partial charge in [-0.3, -0.25) is 0 Å². The molecule has 1 aromatic rings. The van der Waals surface area contributed by atoms with Gasteiger partial charge in [-0.15, -0.1) is 0 Å². The van der Waals surface area contributed by atoms with E-state index in [0.717, 1.165) is 37.3 Å². The Bertz CT molecular complexity index is 386. The fraction of sp³-hybridized carbons (Fsp3) is 0.538. The van der Waals surface area contributed by atoms with Crippen molar-refractivity contribution >= 4 is 5.69 Å². The second-order valence-corrected chi connectivity index (χ2v) is 4.73. The number of benzene rings is 1. The first-order chi connectivity index (χ1) is 8.47. The molecule has 0 aromatic heterocycles. The molecule has 2 nitrogen and oxygen atoms in total. The molecule has 0 amide bonds. The van der Waals surface area contributed by atoms with Gasteiger partial charge >= 0.3 is 6.18 Å². The molecule has 100 valence electrons. The fourth-order valence-corrected chi connectivity index (χ4v) is 2.25. The van der Waals surface area contributed by atoms with Crippen LogP contribution in [0.2, 0.25) is 0 Å². The molecule has 1 fully saturated rings. The highest BCUT2D eigenvalue weighted by Crippen LogP contribution is 2.29. The summed E-state index contributed by atoms with van der Waals surface area (Å²) in [5.41, 5.74) is 0.134. The number of nitrogens with one attached hydrogen (secondary N) is 1. The highest BCUT2D eigenvalue weighted by molar-refractivity contribution is 5.45. The maximum Gasteiger partial charge on any atom is 0.416 e. The maximum atomic E-state index is 12.4. The van der Waals surface area contributed by atoms with E-state index >= 15 is 0 Å². The summed E-state index contributed by atoms with van der Waals surface area (Å²) in [5, 5.41) is 3.19. The van der Waals surface area contributed by atoms with Crippen molar-refractivity contribution in [1.29, 1.82) is 0 Å². The summed E-state index contributed by atoms with van der Waals surface area (Å²) in [6, 6.07) is 5.67. The molecule has 2 rings (SSSR count). The Morgan fingerprint density at radius 2 is 1.94 bits per heavy atom. The largest absolute Gasteiger partial charge is 0.416 e. The van der Waals surface area contributed by atoms with Gasteiger partial charge in [-0.1, -0.05) is 0 Å². The molecule has 0 bridgehead atoms. The second-order valence-electron chi connectivity index (χ2n) is 4.73. The van der Waals surface area contributed by atoms with Gasteiger partial charge in [0.2, 0.25) is 0 Å². The SMILES string of the molecule is CN1CCCC1CNc1ccc(C(F)(F)F)cc1. The minimum absolute atomic E-state index is 0.479. The maximum absolute atomic E-state index is 12.4. The molecule has 0 aliphatic carbocycles. The van der Waals surface area contributed by atoms with Crippen LogP contribution in [0.5, 0.6) is 0 Å². The van der Waals surface area contributed by atoms with E-state index in [1.165, 1.54) is 18.6 Å². The number of anilines is 1. The normalized spacial score (nSPS) is 21.2. The Balaban J connectivity index is 1.90. The quantitative estimate of drug-likeness (QED) is 0.895. The van der Waals surface area contributed by atoms with Crippen molar-refractivity contribution in [2.45, 2.75) is 25.1 Å². The van der Waals surface area contributed by atoms with Gasteiger partial charge in [0, 0.05) is 18.3 Å². The Morgan fingerprint density at radius 3 is 2.44 bits per heavy atom. The number of rotatable bonds is 3. The number of nitrogens with zero attached hydrogens (tertiary/aromatic N) is 1. The fourth-order valence-electron chi connectivity index (χ4n) is 2.25. The van der Waals surface area contributed by atoms with Crippen molar-refractivity contribution in [2.24, 2.45) is 0 Å². The average Bonchev–Trinajstić information content (AvgIpc) is 2.72. The van der Waals surface area contributed by atoms with Crippen LogP contribution in [0.15, 0.2) is 24.3 Å².